The quantitative estimate of drug-likeness (QED) is 0.669. The summed E-state index contributed by atoms with van der Waals surface area (Å²) in [6.45, 7) is 2.81. The number of carbonyl (C=O) groups excluding carboxylic acids is 1. The third kappa shape index (κ3) is 2.44. The molecule has 5 heteroatoms. The first-order valence-corrected chi connectivity index (χ1v) is 5.13. The summed E-state index contributed by atoms with van der Waals surface area (Å²) in [6, 6.07) is 0. The minimum atomic E-state index is -4.47. The average Bonchev–Trinajstić information content (AvgIpc) is 2.16. The van der Waals surface area contributed by atoms with Crippen molar-refractivity contribution in [2.24, 2.45) is 5.41 Å². The molecule has 1 heterocycles. The van der Waals surface area contributed by atoms with Gasteiger partial charge in [0.2, 0.25) is 5.91 Å². The second-order valence-electron chi connectivity index (χ2n) is 4.48. The molecule has 1 aliphatic rings. The van der Waals surface area contributed by atoms with Gasteiger partial charge in [0.1, 0.15) is 5.41 Å². The Hall–Kier alpha value is -0.740. The van der Waals surface area contributed by atoms with E-state index in [0.29, 0.717) is 13.1 Å². The normalized spacial score (nSPS) is 19.1. The van der Waals surface area contributed by atoms with Gasteiger partial charge < -0.3 is 4.90 Å². The lowest BCUT2D eigenvalue weighted by Gasteiger charge is -2.35. The van der Waals surface area contributed by atoms with Crippen molar-refractivity contribution < 1.29 is 18.0 Å². The van der Waals surface area contributed by atoms with Crippen LogP contribution in [0.4, 0.5) is 13.2 Å². The molecule has 0 saturated carbocycles. The van der Waals surface area contributed by atoms with E-state index in [-0.39, 0.29) is 0 Å². The highest BCUT2D eigenvalue weighted by Crippen LogP contribution is 2.39. The Morgan fingerprint density at radius 2 is 1.53 bits per heavy atom. The average molecular weight is 223 g/mol. The molecule has 0 unspecified atom stereocenters. The number of carbonyl (C=O) groups is 1. The van der Waals surface area contributed by atoms with Crippen molar-refractivity contribution in [1.29, 1.82) is 0 Å². The zero-order valence-electron chi connectivity index (χ0n) is 9.02. The lowest BCUT2D eigenvalue weighted by Crippen LogP contribution is -2.50. The number of amides is 1. The van der Waals surface area contributed by atoms with Crippen molar-refractivity contribution in [3.8, 4) is 0 Å². The summed E-state index contributed by atoms with van der Waals surface area (Å²) >= 11 is 0. The van der Waals surface area contributed by atoms with Gasteiger partial charge in [-0.05, 0) is 33.1 Å². The molecular weight excluding hydrogens is 207 g/mol. The maximum absolute atomic E-state index is 12.6. The molecule has 0 bridgehead atoms. The number of rotatable bonds is 1. The number of halogens is 3. The third-order valence-corrected chi connectivity index (χ3v) is 2.89. The Morgan fingerprint density at radius 3 is 1.93 bits per heavy atom. The Bertz CT molecular complexity index is 242. The molecule has 88 valence electrons. The van der Waals surface area contributed by atoms with E-state index in [9.17, 15) is 18.0 Å². The first kappa shape index (κ1) is 12.3. The molecule has 15 heavy (non-hydrogen) atoms. The number of nitrogens with zero attached hydrogens (tertiary/aromatic N) is 1. The molecule has 0 aliphatic carbocycles. The fraction of sp³-hybridized carbons (Fsp3) is 0.900. The van der Waals surface area contributed by atoms with E-state index >= 15 is 0 Å². The second kappa shape index (κ2) is 4.02. The number of hydrogen-bond acceptors (Lipinski definition) is 1. The number of likely N-dealkylation sites (tertiary alicyclic amines) is 1. The first-order valence-electron chi connectivity index (χ1n) is 5.13. The molecule has 0 radical (unpaired) electrons. The van der Waals surface area contributed by atoms with Crippen LogP contribution < -0.4 is 0 Å². The van der Waals surface area contributed by atoms with E-state index in [1.54, 1.807) is 0 Å². The van der Waals surface area contributed by atoms with Crippen molar-refractivity contribution in [2.45, 2.75) is 39.3 Å². The molecule has 0 spiro atoms. The molecule has 1 saturated heterocycles. The fourth-order valence-corrected chi connectivity index (χ4v) is 1.61. The molecule has 1 fully saturated rings. The first-order chi connectivity index (χ1) is 6.77. The van der Waals surface area contributed by atoms with Crippen molar-refractivity contribution in [3.05, 3.63) is 0 Å². The number of alkyl halides is 3. The van der Waals surface area contributed by atoms with Crippen LogP contribution in [0.15, 0.2) is 0 Å². The maximum atomic E-state index is 12.6. The molecule has 1 aliphatic heterocycles. The molecule has 0 aromatic heterocycles. The Labute approximate surface area is 87.4 Å². The summed E-state index contributed by atoms with van der Waals surface area (Å²) in [4.78, 5) is 13.0. The van der Waals surface area contributed by atoms with E-state index in [0.717, 1.165) is 33.1 Å². The van der Waals surface area contributed by atoms with Gasteiger partial charge in [-0.15, -0.1) is 0 Å². The lowest BCUT2D eigenvalue weighted by atomic mass is 9.90. The SMILES string of the molecule is CC(C)(C(=O)N1CCCCC1)C(F)(F)F. The van der Waals surface area contributed by atoms with Crippen LogP contribution in [0, 0.1) is 5.41 Å². The van der Waals surface area contributed by atoms with Gasteiger partial charge in [0, 0.05) is 13.1 Å². The van der Waals surface area contributed by atoms with Crippen LogP contribution in [0.3, 0.4) is 0 Å². The van der Waals surface area contributed by atoms with Gasteiger partial charge in [0.15, 0.2) is 0 Å². The van der Waals surface area contributed by atoms with E-state index < -0.39 is 17.5 Å². The molecule has 0 aromatic rings. The zero-order chi connectivity index (χ0) is 11.7. The van der Waals surface area contributed by atoms with E-state index in [2.05, 4.69) is 0 Å². The van der Waals surface area contributed by atoms with Crippen LogP contribution in [-0.4, -0.2) is 30.1 Å². The summed E-state index contributed by atoms with van der Waals surface area (Å²) in [5.41, 5.74) is -2.26. The molecule has 0 atom stereocenters. The Kier molecular flexibility index (Phi) is 3.31. The van der Waals surface area contributed by atoms with Gasteiger partial charge in [-0.3, -0.25) is 4.79 Å². The van der Waals surface area contributed by atoms with Crippen LogP contribution in [0.2, 0.25) is 0 Å². The van der Waals surface area contributed by atoms with Crippen LogP contribution >= 0.6 is 0 Å². The highest BCUT2D eigenvalue weighted by Gasteiger charge is 2.54. The Morgan fingerprint density at radius 1 is 1.07 bits per heavy atom. The minimum Gasteiger partial charge on any atom is -0.342 e. The van der Waals surface area contributed by atoms with Gasteiger partial charge in [-0.1, -0.05) is 0 Å². The standard InChI is InChI=1S/C10H16F3NO/c1-9(2,10(11,12)13)8(15)14-6-4-3-5-7-14/h3-7H2,1-2H3. The highest BCUT2D eigenvalue weighted by molar-refractivity contribution is 5.82. The van der Waals surface area contributed by atoms with Crippen molar-refractivity contribution in [3.63, 3.8) is 0 Å². The predicted octanol–water partition coefficient (Wildman–Crippen LogP) is 2.59. The third-order valence-electron chi connectivity index (χ3n) is 2.89. The maximum Gasteiger partial charge on any atom is 0.402 e. The van der Waals surface area contributed by atoms with E-state index in [1.807, 2.05) is 0 Å². The monoisotopic (exact) mass is 223 g/mol. The topological polar surface area (TPSA) is 20.3 Å². The van der Waals surface area contributed by atoms with Gasteiger partial charge in [0.25, 0.3) is 0 Å². The number of piperidine rings is 1. The largest absolute Gasteiger partial charge is 0.402 e. The van der Waals surface area contributed by atoms with Crippen LogP contribution in [0.1, 0.15) is 33.1 Å². The Balaban J connectivity index is 2.74. The lowest BCUT2D eigenvalue weighted by molar-refractivity contribution is -0.217. The summed E-state index contributed by atoms with van der Waals surface area (Å²) in [7, 11) is 0. The van der Waals surface area contributed by atoms with Crippen LogP contribution in [0.25, 0.3) is 0 Å². The second-order valence-corrected chi connectivity index (χ2v) is 4.48. The molecular formula is C10H16F3NO. The smallest absolute Gasteiger partial charge is 0.342 e. The minimum absolute atomic E-state index is 0.457. The summed E-state index contributed by atoms with van der Waals surface area (Å²) in [6.07, 6.45) is -1.86. The molecule has 1 rings (SSSR count). The molecule has 2 nitrogen and oxygen atoms in total. The fourth-order valence-electron chi connectivity index (χ4n) is 1.61. The van der Waals surface area contributed by atoms with Crippen LogP contribution in [0.5, 0.6) is 0 Å². The van der Waals surface area contributed by atoms with Crippen molar-refractivity contribution in [1.82, 2.24) is 4.90 Å². The van der Waals surface area contributed by atoms with Crippen molar-refractivity contribution >= 4 is 5.91 Å². The van der Waals surface area contributed by atoms with Gasteiger partial charge in [-0.25, -0.2) is 0 Å². The molecule has 1 amide bonds. The summed E-state index contributed by atoms with van der Waals surface area (Å²) in [5.74, 6) is -0.797. The number of hydrogen-bond donors (Lipinski definition) is 0. The molecule has 0 aromatic carbocycles. The van der Waals surface area contributed by atoms with Crippen molar-refractivity contribution in [2.75, 3.05) is 13.1 Å². The van der Waals surface area contributed by atoms with E-state index in [1.165, 1.54) is 4.90 Å². The molecule has 0 N–H and O–H groups in total. The van der Waals surface area contributed by atoms with Crippen LogP contribution in [-0.2, 0) is 4.79 Å². The van der Waals surface area contributed by atoms with Gasteiger partial charge in [-0.2, -0.15) is 13.2 Å². The predicted molar refractivity (Wildman–Crippen MR) is 50.3 cm³/mol. The van der Waals surface area contributed by atoms with Gasteiger partial charge in [0.05, 0.1) is 0 Å². The summed E-state index contributed by atoms with van der Waals surface area (Å²) < 4.78 is 37.8. The highest BCUT2D eigenvalue weighted by atomic mass is 19.4. The van der Waals surface area contributed by atoms with Gasteiger partial charge >= 0.3 is 6.18 Å². The summed E-state index contributed by atoms with van der Waals surface area (Å²) in [5, 5.41) is 0. The van der Waals surface area contributed by atoms with E-state index in [4.69, 9.17) is 0 Å². The zero-order valence-corrected chi connectivity index (χ0v) is 9.02.